The van der Waals surface area contributed by atoms with Gasteiger partial charge in [0.05, 0.1) is 12.5 Å². The predicted octanol–water partition coefficient (Wildman–Crippen LogP) is 2.30. The second-order valence-electron chi connectivity index (χ2n) is 2.22. The average Bonchev–Trinajstić information content (AvgIpc) is 2.04. The van der Waals surface area contributed by atoms with E-state index < -0.39 is 0 Å². The Morgan fingerprint density at radius 2 is 2.27 bits per heavy atom. The first-order valence-corrected chi connectivity index (χ1v) is 3.53. The molecule has 0 fully saturated rings. The Morgan fingerprint density at radius 1 is 1.45 bits per heavy atom. The zero-order chi connectivity index (χ0) is 8.10. The van der Waals surface area contributed by atoms with E-state index in [4.69, 9.17) is 4.74 Å². The van der Waals surface area contributed by atoms with Crippen LogP contribution >= 0.6 is 0 Å². The molecule has 1 rings (SSSR count). The largest absolute Gasteiger partial charge is 0.464 e. The molecule has 0 unspecified atom stereocenters. The molecule has 0 atom stereocenters. The van der Waals surface area contributed by atoms with Gasteiger partial charge in [-0.15, -0.1) is 0 Å². The van der Waals surface area contributed by atoms with E-state index in [2.05, 4.69) is 4.98 Å². The molecule has 1 heterocycles. The highest BCUT2D eigenvalue weighted by atomic mass is 16.5. The van der Waals surface area contributed by atoms with Crippen LogP contribution in [-0.2, 0) is 0 Å². The van der Waals surface area contributed by atoms with Crippen molar-refractivity contribution in [2.75, 3.05) is 0 Å². The van der Waals surface area contributed by atoms with Crippen LogP contribution in [0.25, 0.3) is 0 Å². The van der Waals surface area contributed by atoms with Crippen molar-refractivity contribution in [1.29, 1.82) is 0 Å². The lowest BCUT2D eigenvalue weighted by Gasteiger charge is -1.97. The van der Waals surface area contributed by atoms with E-state index in [1.165, 1.54) is 0 Å². The van der Waals surface area contributed by atoms with E-state index in [1.807, 2.05) is 32.1 Å². The van der Waals surface area contributed by atoms with Gasteiger partial charge < -0.3 is 4.74 Å². The van der Waals surface area contributed by atoms with Crippen molar-refractivity contribution < 1.29 is 4.74 Å². The summed E-state index contributed by atoms with van der Waals surface area (Å²) in [7, 11) is 0. The Bertz CT molecular complexity index is 238. The predicted molar refractivity (Wildman–Crippen MR) is 44.4 cm³/mol. The Hall–Kier alpha value is -1.31. The molecule has 1 aromatic rings. The summed E-state index contributed by atoms with van der Waals surface area (Å²) in [6.07, 6.45) is 5.17. The van der Waals surface area contributed by atoms with Crippen LogP contribution in [0.5, 0.6) is 5.75 Å². The second kappa shape index (κ2) is 3.76. The van der Waals surface area contributed by atoms with Crippen LogP contribution in [-0.4, -0.2) is 4.98 Å². The van der Waals surface area contributed by atoms with E-state index in [0.29, 0.717) is 0 Å². The number of nitrogens with zero attached hydrogens (tertiary/aromatic N) is 1. The third-order valence-electron chi connectivity index (χ3n) is 1.22. The number of aryl methyl sites for hydroxylation is 1. The third kappa shape index (κ3) is 2.42. The summed E-state index contributed by atoms with van der Waals surface area (Å²) in [5.74, 6) is 0.772. The molecule has 0 aliphatic heterocycles. The molecule has 1 aromatic heterocycles. The number of allylic oxidation sites excluding steroid dienone is 1. The molecule has 0 N–H and O–H groups in total. The quantitative estimate of drug-likeness (QED) is 0.602. The van der Waals surface area contributed by atoms with Gasteiger partial charge in [0.25, 0.3) is 0 Å². The minimum absolute atomic E-state index is 0.772. The smallest absolute Gasteiger partial charge is 0.144 e. The van der Waals surface area contributed by atoms with E-state index in [9.17, 15) is 0 Å². The first-order chi connectivity index (χ1) is 5.33. The van der Waals surface area contributed by atoms with Gasteiger partial charge in [-0.05, 0) is 26.0 Å². The lowest BCUT2D eigenvalue weighted by molar-refractivity contribution is 0.477. The Labute approximate surface area is 66.5 Å². The topological polar surface area (TPSA) is 22.1 Å². The van der Waals surface area contributed by atoms with Crippen LogP contribution in [0.1, 0.15) is 12.6 Å². The fourth-order valence-corrected chi connectivity index (χ4v) is 0.671. The molecule has 0 aliphatic rings. The maximum atomic E-state index is 5.17. The fraction of sp³-hybridized carbons (Fsp3) is 0.222. The van der Waals surface area contributed by atoms with Gasteiger partial charge in [0.15, 0.2) is 0 Å². The Morgan fingerprint density at radius 3 is 2.82 bits per heavy atom. The minimum Gasteiger partial charge on any atom is -0.464 e. The van der Waals surface area contributed by atoms with Gasteiger partial charge in [-0.3, -0.25) is 4.98 Å². The minimum atomic E-state index is 0.772. The summed E-state index contributed by atoms with van der Waals surface area (Å²) in [4.78, 5) is 4.07. The Balaban J connectivity index is 2.66. The molecule has 2 nitrogen and oxygen atoms in total. The molecule has 0 spiro atoms. The van der Waals surface area contributed by atoms with Crippen molar-refractivity contribution in [2.24, 2.45) is 0 Å². The molecule has 0 saturated heterocycles. The van der Waals surface area contributed by atoms with E-state index in [0.717, 1.165) is 11.4 Å². The molecule has 0 radical (unpaired) electrons. The van der Waals surface area contributed by atoms with Crippen LogP contribution in [0.2, 0.25) is 0 Å². The van der Waals surface area contributed by atoms with Crippen LogP contribution < -0.4 is 4.74 Å². The maximum Gasteiger partial charge on any atom is 0.144 e. The molecule has 58 valence electrons. The first-order valence-electron chi connectivity index (χ1n) is 3.53. The molecule has 0 bridgehead atoms. The van der Waals surface area contributed by atoms with Crippen molar-refractivity contribution in [3.63, 3.8) is 0 Å². The summed E-state index contributed by atoms with van der Waals surface area (Å²) in [6, 6.07) is 3.81. The summed E-state index contributed by atoms with van der Waals surface area (Å²) in [6.45, 7) is 3.85. The normalized spacial score (nSPS) is 10.4. The van der Waals surface area contributed by atoms with E-state index >= 15 is 0 Å². The fourth-order valence-electron chi connectivity index (χ4n) is 0.671. The highest BCUT2D eigenvalue weighted by Gasteiger charge is 1.88. The number of pyridine rings is 1. The molecule has 0 saturated carbocycles. The molecule has 0 amide bonds. The highest BCUT2D eigenvalue weighted by molar-refractivity contribution is 5.19. The number of rotatable bonds is 2. The molecule has 0 aliphatic carbocycles. The van der Waals surface area contributed by atoms with Crippen LogP contribution in [0.4, 0.5) is 0 Å². The van der Waals surface area contributed by atoms with Gasteiger partial charge in [0.1, 0.15) is 5.75 Å². The third-order valence-corrected chi connectivity index (χ3v) is 1.22. The highest BCUT2D eigenvalue weighted by Crippen LogP contribution is 2.08. The van der Waals surface area contributed by atoms with Crippen LogP contribution in [0.3, 0.4) is 0 Å². The molecule has 2 heteroatoms. The van der Waals surface area contributed by atoms with Crippen molar-refractivity contribution in [3.05, 3.63) is 36.4 Å². The van der Waals surface area contributed by atoms with Crippen LogP contribution in [0.15, 0.2) is 30.7 Å². The van der Waals surface area contributed by atoms with Crippen LogP contribution in [0, 0.1) is 6.92 Å². The summed E-state index contributed by atoms with van der Waals surface area (Å²) < 4.78 is 5.17. The van der Waals surface area contributed by atoms with Crippen molar-refractivity contribution in [3.8, 4) is 5.75 Å². The Kier molecular flexibility index (Phi) is 2.66. The molecule has 0 aromatic carbocycles. The second-order valence-corrected chi connectivity index (χ2v) is 2.22. The number of ether oxygens (including phenoxy) is 1. The van der Waals surface area contributed by atoms with E-state index in [1.54, 1.807) is 12.5 Å². The SMILES string of the molecule is C/C=C/Oc1ccc(C)nc1. The zero-order valence-electron chi connectivity index (χ0n) is 6.74. The summed E-state index contributed by atoms with van der Waals surface area (Å²) in [5, 5.41) is 0. The van der Waals surface area contributed by atoms with Gasteiger partial charge in [0, 0.05) is 5.69 Å². The molecular weight excluding hydrogens is 138 g/mol. The zero-order valence-corrected chi connectivity index (χ0v) is 6.74. The standard InChI is InChI=1S/C9H11NO/c1-3-6-11-9-5-4-8(2)10-7-9/h3-7H,1-2H3/b6-3+. The lowest BCUT2D eigenvalue weighted by atomic mass is 10.4. The van der Waals surface area contributed by atoms with Gasteiger partial charge in [-0.2, -0.15) is 0 Å². The molecule has 11 heavy (non-hydrogen) atoms. The number of hydrogen-bond donors (Lipinski definition) is 0. The first kappa shape index (κ1) is 7.79. The molecular formula is C9H11NO. The van der Waals surface area contributed by atoms with Crippen molar-refractivity contribution in [2.45, 2.75) is 13.8 Å². The maximum absolute atomic E-state index is 5.17. The van der Waals surface area contributed by atoms with Crippen molar-refractivity contribution in [1.82, 2.24) is 4.98 Å². The lowest BCUT2D eigenvalue weighted by Crippen LogP contribution is -1.84. The number of hydrogen-bond acceptors (Lipinski definition) is 2. The van der Waals surface area contributed by atoms with E-state index in [-0.39, 0.29) is 0 Å². The monoisotopic (exact) mass is 149 g/mol. The van der Waals surface area contributed by atoms with Gasteiger partial charge >= 0.3 is 0 Å². The van der Waals surface area contributed by atoms with Gasteiger partial charge in [-0.25, -0.2) is 0 Å². The van der Waals surface area contributed by atoms with Crippen molar-refractivity contribution >= 4 is 0 Å². The van der Waals surface area contributed by atoms with Gasteiger partial charge in [-0.1, -0.05) is 6.08 Å². The summed E-state index contributed by atoms with van der Waals surface area (Å²) >= 11 is 0. The summed E-state index contributed by atoms with van der Waals surface area (Å²) in [5.41, 5.74) is 0.998. The van der Waals surface area contributed by atoms with Gasteiger partial charge in [0.2, 0.25) is 0 Å². The number of aromatic nitrogens is 1. The average molecular weight is 149 g/mol.